The normalized spacial score (nSPS) is 15.6. The van der Waals surface area contributed by atoms with Crippen molar-refractivity contribution in [2.24, 2.45) is 0 Å². The van der Waals surface area contributed by atoms with E-state index < -0.39 is 5.25 Å². The van der Waals surface area contributed by atoms with Crippen molar-refractivity contribution in [3.8, 4) is 0 Å². The van der Waals surface area contributed by atoms with Gasteiger partial charge in [0.1, 0.15) is 0 Å². The lowest BCUT2D eigenvalue weighted by Gasteiger charge is -2.23. The van der Waals surface area contributed by atoms with Gasteiger partial charge in [0.05, 0.1) is 10.9 Å². The second kappa shape index (κ2) is 8.34. The Kier molecular flexibility index (Phi) is 5.66. The first-order valence-electron chi connectivity index (χ1n) is 8.62. The van der Waals surface area contributed by atoms with E-state index in [2.05, 4.69) is 15.6 Å². The number of nitrogens with zero attached hydrogens (tertiary/aromatic N) is 1. The van der Waals surface area contributed by atoms with Gasteiger partial charge >= 0.3 is 0 Å². The third-order valence-corrected chi connectivity index (χ3v) is 6.61. The molecule has 0 fully saturated rings. The quantitative estimate of drug-likeness (QED) is 0.609. The standard InChI is InChI=1S/C20H16ClN3O2S2/c21-13-7-5-12(6-8-13)9-14-11-22-20(27-14)24-18(25)10-17-19(26)23-15-3-1-2-4-16(15)28-17/h1-8,11,17H,9-10H2,(H,23,26)(H,22,24,25)/t17-/m0/s1. The number of benzene rings is 2. The first-order valence-corrected chi connectivity index (χ1v) is 10.7. The van der Waals surface area contributed by atoms with Gasteiger partial charge in [-0.2, -0.15) is 0 Å². The van der Waals surface area contributed by atoms with Crippen LogP contribution in [0.3, 0.4) is 0 Å². The summed E-state index contributed by atoms with van der Waals surface area (Å²) < 4.78 is 0. The molecule has 0 saturated carbocycles. The van der Waals surface area contributed by atoms with E-state index in [-0.39, 0.29) is 18.2 Å². The van der Waals surface area contributed by atoms with Crippen LogP contribution in [-0.2, 0) is 16.0 Å². The molecule has 0 saturated heterocycles. The number of amides is 2. The van der Waals surface area contributed by atoms with Crippen LogP contribution in [0.2, 0.25) is 5.02 Å². The van der Waals surface area contributed by atoms with Gasteiger partial charge in [0.2, 0.25) is 11.8 Å². The van der Waals surface area contributed by atoms with Crippen molar-refractivity contribution >= 4 is 57.3 Å². The fourth-order valence-corrected chi connectivity index (χ4v) is 4.92. The first-order chi connectivity index (χ1) is 13.6. The van der Waals surface area contributed by atoms with E-state index in [9.17, 15) is 9.59 Å². The van der Waals surface area contributed by atoms with Crippen LogP contribution < -0.4 is 10.6 Å². The summed E-state index contributed by atoms with van der Waals surface area (Å²) in [6.07, 6.45) is 2.58. The highest BCUT2D eigenvalue weighted by atomic mass is 35.5. The molecule has 142 valence electrons. The summed E-state index contributed by atoms with van der Waals surface area (Å²) in [5.41, 5.74) is 1.92. The van der Waals surface area contributed by atoms with E-state index in [1.54, 1.807) is 6.20 Å². The molecule has 8 heteroatoms. The molecule has 1 aliphatic heterocycles. The predicted molar refractivity (Wildman–Crippen MR) is 114 cm³/mol. The molecule has 4 rings (SSSR count). The molecule has 2 N–H and O–H groups in total. The Morgan fingerprint density at radius 1 is 1.18 bits per heavy atom. The monoisotopic (exact) mass is 429 g/mol. The molecule has 0 spiro atoms. The fraction of sp³-hybridized carbons (Fsp3) is 0.150. The van der Waals surface area contributed by atoms with Gasteiger partial charge in [0, 0.05) is 33.8 Å². The molecule has 0 radical (unpaired) electrons. The minimum atomic E-state index is -0.455. The lowest BCUT2D eigenvalue weighted by Crippen LogP contribution is -2.32. The van der Waals surface area contributed by atoms with E-state index >= 15 is 0 Å². The molecule has 28 heavy (non-hydrogen) atoms. The molecular weight excluding hydrogens is 414 g/mol. The third-order valence-electron chi connectivity index (χ3n) is 4.17. The Morgan fingerprint density at radius 3 is 2.79 bits per heavy atom. The number of fused-ring (bicyclic) bond motifs is 1. The lowest BCUT2D eigenvalue weighted by molar-refractivity contribution is -0.120. The van der Waals surface area contributed by atoms with Crippen LogP contribution in [0.5, 0.6) is 0 Å². The summed E-state index contributed by atoms with van der Waals surface area (Å²) in [6, 6.07) is 15.2. The van der Waals surface area contributed by atoms with E-state index in [0.29, 0.717) is 10.2 Å². The predicted octanol–water partition coefficient (Wildman–Crippen LogP) is 4.83. The molecule has 0 bridgehead atoms. The average Bonchev–Trinajstić information content (AvgIpc) is 3.11. The number of rotatable bonds is 5. The molecule has 2 heterocycles. The van der Waals surface area contributed by atoms with Gasteiger partial charge in [-0.05, 0) is 29.8 Å². The largest absolute Gasteiger partial charge is 0.324 e. The van der Waals surface area contributed by atoms with Crippen LogP contribution in [-0.4, -0.2) is 22.0 Å². The van der Waals surface area contributed by atoms with Gasteiger partial charge in [0.25, 0.3) is 0 Å². The van der Waals surface area contributed by atoms with Gasteiger partial charge in [-0.3, -0.25) is 9.59 Å². The highest BCUT2D eigenvalue weighted by Gasteiger charge is 2.29. The van der Waals surface area contributed by atoms with Crippen molar-refractivity contribution in [2.75, 3.05) is 10.6 Å². The Labute approximate surface area is 175 Å². The molecule has 1 atom stereocenters. The molecule has 0 aliphatic carbocycles. The highest BCUT2D eigenvalue weighted by Crippen LogP contribution is 2.36. The van der Waals surface area contributed by atoms with Gasteiger partial charge in [0.15, 0.2) is 5.13 Å². The smallest absolute Gasteiger partial charge is 0.238 e. The summed E-state index contributed by atoms with van der Waals surface area (Å²) in [5.74, 6) is -0.374. The highest BCUT2D eigenvalue weighted by molar-refractivity contribution is 8.01. The van der Waals surface area contributed by atoms with E-state index in [0.717, 1.165) is 27.4 Å². The van der Waals surface area contributed by atoms with E-state index in [4.69, 9.17) is 11.6 Å². The van der Waals surface area contributed by atoms with E-state index in [1.165, 1.54) is 23.1 Å². The van der Waals surface area contributed by atoms with Gasteiger partial charge in [-0.1, -0.05) is 35.9 Å². The van der Waals surface area contributed by atoms with Crippen LogP contribution in [0.1, 0.15) is 16.9 Å². The number of nitrogens with one attached hydrogen (secondary N) is 2. The topological polar surface area (TPSA) is 71.1 Å². The van der Waals surface area contributed by atoms with Crippen molar-refractivity contribution in [1.82, 2.24) is 4.98 Å². The number of carbonyl (C=O) groups excluding carboxylic acids is 2. The number of anilines is 2. The van der Waals surface area contributed by atoms with Gasteiger partial charge < -0.3 is 10.6 Å². The number of halogens is 1. The Morgan fingerprint density at radius 2 is 1.96 bits per heavy atom. The zero-order chi connectivity index (χ0) is 19.5. The number of para-hydroxylation sites is 1. The molecule has 2 aromatic carbocycles. The lowest BCUT2D eigenvalue weighted by atomic mass is 10.1. The SMILES string of the molecule is O=C(C[C@@H]1Sc2ccccc2NC1=O)Nc1ncc(Cc2ccc(Cl)cc2)s1. The molecule has 5 nitrogen and oxygen atoms in total. The summed E-state index contributed by atoms with van der Waals surface area (Å²) in [5, 5.41) is 6.44. The maximum Gasteiger partial charge on any atom is 0.238 e. The second-order valence-corrected chi connectivity index (χ2v) is 9.08. The number of thioether (sulfide) groups is 1. The fourth-order valence-electron chi connectivity index (χ4n) is 2.82. The molecule has 1 aromatic heterocycles. The van der Waals surface area contributed by atoms with E-state index in [1.807, 2.05) is 48.5 Å². The number of carbonyl (C=O) groups is 2. The molecule has 0 unspecified atom stereocenters. The molecule has 1 aliphatic rings. The maximum absolute atomic E-state index is 12.4. The second-order valence-electron chi connectivity index (χ2n) is 6.28. The minimum Gasteiger partial charge on any atom is -0.324 e. The summed E-state index contributed by atoms with van der Waals surface area (Å²) >= 11 is 8.75. The molecular formula is C20H16ClN3O2S2. The zero-order valence-corrected chi connectivity index (χ0v) is 17.0. The Bertz CT molecular complexity index is 1020. The van der Waals surface area contributed by atoms with Gasteiger partial charge in [-0.15, -0.1) is 23.1 Å². The number of thiazole rings is 1. The Balaban J connectivity index is 1.35. The van der Waals surface area contributed by atoms with Crippen molar-refractivity contribution in [2.45, 2.75) is 23.0 Å². The summed E-state index contributed by atoms with van der Waals surface area (Å²) in [6.45, 7) is 0. The average molecular weight is 430 g/mol. The third kappa shape index (κ3) is 4.55. The van der Waals surface area contributed by atoms with Crippen LogP contribution in [0.15, 0.2) is 59.6 Å². The molecule has 2 amide bonds. The van der Waals surface area contributed by atoms with Crippen LogP contribution >= 0.6 is 34.7 Å². The number of aromatic nitrogens is 1. The summed E-state index contributed by atoms with van der Waals surface area (Å²) in [7, 11) is 0. The first kappa shape index (κ1) is 19.0. The molecule has 3 aromatic rings. The maximum atomic E-state index is 12.4. The minimum absolute atomic E-state index is 0.0942. The van der Waals surface area contributed by atoms with Crippen LogP contribution in [0, 0.1) is 0 Å². The Hall–Kier alpha value is -2.35. The van der Waals surface area contributed by atoms with Gasteiger partial charge in [-0.25, -0.2) is 4.98 Å². The van der Waals surface area contributed by atoms with Crippen molar-refractivity contribution in [1.29, 1.82) is 0 Å². The number of hydrogen-bond donors (Lipinski definition) is 2. The van der Waals surface area contributed by atoms with Crippen molar-refractivity contribution in [3.05, 3.63) is 70.2 Å². The van der Waals surface area contributed by atoms with Crippen molar-refractivity contribution in [3.63, 3.8) is 0 Å². The van der Waals surface area contributed by atoms with Crippen LogP contribution in [0.25, 0.3) is 0 Å². The van der Waals surface area contributed by atoms with Crippen molar-refractivity contribution < 1.29 is 9.59 Å². The van der Waals surface area contributed by atoms with Crippen LogP contribution in [0.4, 0.5) is 10.8 Å². The zero-order valence-electron chi connectivity index (χ0n) is 14.6. The number of hydrogen-bond acceptors (Lipinski definition) is 5. The summed E-state index contributed by atoms with van der Waals surface area (Å²) in [4.78, 5) is 30.9.